The Morgan fingerprint density at radius 1 is 0.919 bits per heavy atom. The maximum Gasteiger partial charge on any atom is 0.385 e. The van der Waals surface area contributed by atoms with Gasteiger partial charge in [-0.05, 0) is 54.5 Å². The van der Waals surface area contributed by atoms with Gasteiger partial charge in [0.05, 0.1) is 6.04 Å². The summed E-state index contributed by atoms with van der Waals surface area (Å²) in [6.45, 7) is 4.76. The first-order chi connectivity index (χ1) is 18.3. The lowest BCUT2D eigenvalue weighted by molar-refractivity contribution is 0.290. The van der Waals surface area contributed by atoms with E-state index in [0.29, 0.717) is 6.54 Å². The van der Waals surface area contributed by atoms with Crippen LogP contribution in [0, 0.1) is 0 Å². The van der Waals surface area contributed by atoms with Gasteiger partial charge in [-0.25, -0.2) is 4.67 Å². The van der Waals surface area contributed by atoms with Crippen LogP contribution < -0.4 is 4.52 Å². The monoisotopic (exact) mass is 503 g/mol. The van der Waals surface area contributed by atoms with Crippen LogP contribution in [0.4, 0.5) is 0 Å². The molecule has 0 fully saturated rings. The second kappa shape index (κ2) is 9.17. The molecule has 0 saturated heterocycles. The molecule has 0 N–H and O–H groups in total. The van der Waals surface area contributed by atoms with E-state index in [4.69, 9.17) is 9.05 Å². The Kier molecular flexibility index (Phi) is 5.65. The quantitative estimate of drug-likeness (QED) is 0.248. The first-order valence-electron chi connectivity index (χ1n) is 13.2. The van der Waals surface area contributed by atoms with Crippen molar-refractivity contribution in [2.45, 2.75) is 37.1 Å². The summed E-state index contributed by atoms with van der Waals surface area (Å²) in [4.78, 5) is 0. The van der Waals surface area contributed by atoms with E-state index >= 15 is 0 Å². The second-order valence-electron chi connectivity index (χ2n) is 10.2. The fourth-order valence-electron chi connectivity index (χ4n) is 6.59. The molecule has 0 radical (unpaired) electrons. The van der Waals surface area contributed by atoms with E-state index < -0.39 is 8.53 Å². The number of benzene rings is 3. The molecule has 4 aliphatic rings. The lowest BCUT2D eigenvalue weighted by atomic mass is 9.74. The molecule has 0 amide bonds. The molecule has 3 aromatic rings. The van der Waals surface area contributed by atoms with Gasteiger partial charge in [0.15, 0.2) is 0 Å². The highest BCUT2D eigenvalue weighted by molar-refractivity contribution is 7.45. The van der Waals surface area contributed by atoms with Gasteiger partial charge in [0, 0.05) is 23.1 Å². The predicted molar refractivity (Wildman–Crippen MR) is 151 cm³/mol. The van der Waals surface area contributed by atoms with Gasteiger partial charge in [0.1, 0.15) is 11.5 Å². The van der Waals surface area contributed by atoms with Crippen LogP contribution in [0.2, 0.25) is 0 Å². The van der Waals surface area contributed by atoms with Gasteiger partial charge in [-0.15, -0.1) is 6.58 Å². The molecule has 0 saturated carbocycles. The van der Waals surface area contributed by atoms with Crippen LogP contribution in [0.5, 0.6) is 5.75 Å². The second-order valence-corrected chi connectivity index (χ2v) is 11.5. The largest absolute Gasteiger partial charge is 0.427 e. The summed E-state index contributed by atoms with van der Waals surface area (Å²) in [6.07, 6.45) is 13.3. The number of nitrogens with zero attached hydrogens (tertiary/aromatic N) is 1. The van der Waals surface area contributed by atoms with Crippen molar-refractivity contribution in [1.29, 1.82) is 0 Å². The Labute approximate surface area is 220 Å². The predicted octanol–water partition coefficient (Wildman–Crippen LogP) is 8.63. The lowest BCUT2D eigenvalue weighted by Gasteiger charge is -2.41. The van der Waals surface area contributed by atoms with Crippen LogP contribution in [0.1, 0.15) is 54.0 Å². The highest BCUT2D eigenvalue weighted by Crippen LogP contribution is 2.64. The third kappa shape index (κ3) is 3.64. The number of hydrogen-bond donors (Lipinski definition) is 0. The zero-order valence-corrected chi connectivity index (χ0v) is 21.7. The minimum atomic E-state index is -1.49. The van der Waals surface area contributed by atoms with Crippen LogP contribution in [0.3, 0.4) is 0 Å². The highest BCUT2D eigenvalue weighted by atomic mass is 31.2. The van der Waals surface area contributed by atoms with Gasteiger partial charge in [-0.3, -0.25) is 0 Å². The molecule has 3 nitrogen and oxygen atoms in total. The summed E-state index contributed by atoms with van der Waals surface area (Å²) in [5.41, 5.74) is 7.83. The standard InChI is InChI=1S/C33H30NO2P/c1-2-23-34(32(26-11-5-3-6-12-26)27-13-7-4-8-14-27)37-35-28-17-9-15-24-19-21-33(30(24)28)22-20-25-16-10-18-29(36-37)31(25)33/h2-9,11-15,17-19,21,32H,1,10,16,20,22-23H2. The molecular weight excluding hydrogens is 473 g/mol. The third-order valence-electron chi connectivity index (χ3n) is 8.10. The van der Waals surface area contributed by atoms with Crippen molar-refractivity contribution in [3.05, 3.63) is 143 Å². The molecule has 3 aromatic carbocycles. The van der Waals surface area contributed by atoms with E-state index in [2.05, 4.69) is 108 Å². The van der Waals surface area contributed by atoms with Crippen LogP contribution in [-0.4, -0.2) is 11.2 Å². The number of rotatable bonds is 6. The Hall–Kier alpha value is -3.39. The smallest absolute Gasteiger partial charge is 0.385 e. The van der Waals surface area contributed by atoms with Gasteiger partial charge in [-0.1, -0.05) is 96.6 Å². The van der Waals surface area contributed by atoms with Crippen molar-refractivity contribution >= 4 is 14.6 Å². The molecule has 37 heavy (non-hydrogen) atoms. The molecule has 1 aliphatic heterocycles. The van der Waals surface area contributed by atoms with Crippen molar-refractivity contribution < 1.29 is 9.05 Å². The summed E-state index contributed by atoms with van der Waals surface area (Å²) in [6, 6.07) is 27.8. The van der Waals surface area contributed by atoms with Crippen LogP contribution in [0.15, 0.2) is 121 Å². The van der Waals surface area contributed by atoms with Crippen molar-refractivity contribution in [2.24, 2.45) is 0 Å². The van der Waals surface area contributed by atoms with Gasteiger partial charge in [0.25, 0.3) is 0 Å². The fourth-order valence-corrected chi connectivity index (χ4v) is 8.20. The SMILES string of the molecule is C=CCN(C(c1ccccc1)c1ccccc1)P1OC2=CCCC3=C2C2(C=Cc4cccc(c42)O1)CC3. The molecule has 3 aliphatic carbocycles. The highest BCUT2D eigenvalue weighted by Gasteiger charge is 2.51. The maximum absolute atomic E-state index is 7.01. The van der Waals surface area contributed by atoms with E-state index in [9.17, 15) is 0 Å². The molecule has 4 heteroatoms. The first kappa shape index (κ1) is 22.8. The molecule has 0 aromatic heterocycles. The van der Waals surface area contributed by atoms with Gasteiger partial charge in [-0.2, -0.15) is 0 Å². The van der Waals surface area contributed by atoms with Crippen molar-refractivity contribution in [3.63, 3.8) is 0 Å². The van der Waals surface area contributed by atoms with E-state index in [1.807, 2.05) is 6.08 Å². The Balaban J connectivity index is 1.40. The Morgan fingerprint density at radius 3 is 2.41 bits per heavy atom. The summed E-state index contributed by atoms with van der Waals surface area (Å²) in [5, 5.41) is 0. The lowest BCUT2D eigenvalue weighted by Crippen LogP contribution is -2.31. The molecule has 0 bridgehead atoms. The average Bonchev–Trinajstić information content (AvgIpc) is 3.51. The summed E-state index contributed by atoms with van der Waals surface area (Å²) in [7, 11) is -1.49. The van der Waals surface area contributed by atoms with Gasteiger partial charge >= 0.3 is 8.53 Å². The van der Waals surface area contributed by atoms with Crippen LogP contribution >= 0.6 is 8.53 Å². The first-order valence-corrected chi connectivity index (χ1v) is 14.3. The Morgan fingerprint density at radius 2 is 1.68 bits per heavy atom. The van der Waals surface area contributed by atoms with E-state index in [1.54, 1.807) is 5.57 Å². The molecule has 184 valence electrons. The number of allylic oxidation sites excluding steroid dienone is 4. The molecule has 1 spiro atoms. The number of hydrogen-bond acceptors (Lipinski definition) is 3. The summed E-state index contributed by atoms with van der Waals surface area (Å²) < 4.78 is 16.3. The topological polar surface area (TPSA) is 21.7 Å². The van der Waals surface area contributed by atoms with E-state index in [0.717, 1.165) is 37.2 Å². The van der Waals surface area contributed by atoms with Gasteiger partial charge in [0.2, 0.25) is 0 Å². The summed E-state index contributed by atoms with van der Waals surface area (Å²) in [5.74, 6) is 1.96. The van der Waals surface area contributed by atoms with Crippen molar-refractivity contribution in [1.82, 2.24) is 4.67 Å². The normalized spacial score (nSPS) is 23.1. The molecule has 2 unspecified atom stereocenters. The van der Waals surface area contributed by atoms with E-state index in [1.165, 1.54) is 27.8 Å². The zero-order valence-electron chi connectivity index (χ0n) is 20.8. The van der Waals surface area contributed by atoms with Crippen LogP contribution in [0.25, 0.3) is 6.08 Å². The molecule has 7 rings (SSSR count). The van der Waals surface area contributed by atoms with Gasteiger partial charge < -0.3 is 9.05 Å². The Bertz CT molecular complexity index is 1400. The van der Waals surface area contributed by atoms with Crippen LogP contribution in [-0.2, 0) is 9.94 Å². The molecule has 2 atom stereocenters. The van der Waals surface area contributed by atoms with E-state index in [-0.39, 0.29) is 11.5 Å². The van der Waals surface area contributed by atoms with Crippen molar-refractivity contribution in [3.8, 4) is 5.75 Å². The minimum absolute atomic E-state index is 0.0354. The van der Waals surface area contributed by atoms with Crippen molar-refractivity contribution in [2.75, 3.05) is 6.54 Å². The maximum atomic E-state index is 7.01. The minimum Gasteiger partial charge on any atom is -0.427 e. The average molecular weight is 504 g/mol. The fraction of sp³-hybridized carbons (Fsp3) is 0.212. The molecule has 1 heterocycles. The third-order valence-corrected chi connectivity index (χ3v) is 9.62. The summed E-state index contributed by atoms with van der Waals surface area (Å²) >= 11 is 0. The molecular formula is C33H30NO2P. The zero-order chi connectivity index (χ0) is 24.8.